The Morgan fingerprint density at radius 2 is 1.54 bits per heavy atom. The molecule has 0 aliphatic carbocycles. The van der Waals surface area contributed by atoms with Gasteiger partial charge in [-0.1, -0.05) is 82.7 Å². The Morgan fingerprint density at radius 3 is 2.08 bits per heavy atom. The van der Waals surface area contributed by atoms with Gasteiger partial charge < -0.3 is 5.32 Å². The molecular weight excluding hydrogens is 352 g/mol. The van der Waals surface area contributed by atoms with E-state index in [0.717, 1.165) is 19.3 Å². The number of unbranched alkanes of at least 4 members (excludes halogenated alkanes) is 10. The molecule has 0 spiro atoms. The summed E-state index contributed by atoms with van der Waals surface area (Å²) in [6, 6.07) is 4.30. The van der Waals surface area contributed by atoms with E-state index in [9.17, 15) is 14.9 Å². The highest BCUT2D eigenvalue weighted by molar-refractivity contribution is 6.32. The number of hydrogen-bond donors (Lipinski definition) is 1. The molecule has 0 saturated carbocycles. The van der Waals surface area contributed by atoms with Gasteiger partial charge >= 0.3 is 0 Å². The molecular formula is C20H31ClN2O3. The van der Waals surface area contributed by atoms with Crippen LogP contribution in [0.15, 0.2) is 18.2 Å². The van der Waals surface area contributed by atoms with Crippen LogP contribution in [0.4, 0.5) is 11.4 Å². The third kappa shape index (κ3) is 9.76. The Kier molecular flexibility index (Phi) is 11.7. The Balaban J connectivity index is 2.09. The first-order chi connectivity index (χ1) is 12.5. The maximum Gasteiger partial charge on any atom is 0.289 e. The first kappa shape index (κ1) is 22.4. The average molecular weight is 383 g/mol. The highest BCUT2D eigenvalue weighted by Crippen LogP contribution is 2.27. The summed E-state index contributed by atoms with van der Waals surface area (Å²) in [6.07, 6.45) is 14.0. The molecule has 0 aliphatic heterocycles. The van der Waals surface area contributed by atoms with Gasteiger partial charge in [-0.3, -0.25) is 14.9 Å². The number of amides is 1. The molecule has 1 N–H and O–H groups in total. The summed E-state index contributed by atoms with van der Waals surface area (Å²) in [5.74, 6) is -0.113. The molecule has 5 nitrogen and oxygen atoms in total. The van der Waals surface area contributed by atoms with Crippen LogP contribution < -0.4 is 5.32 Å². The maximum atomic E-state index is 11.9. The molecule has 1 amide bonds. The van der Waals surface area contributed by atoms with Crippen LogP contribution in [0.2, 0.25) is 5.02 Å². The number of anilines is 1. The van der Waals surface area contributed by atoms with Gasteiger partial charge in [0, 0.05) is 18.2 Å². The van der Waals surface area contributed by atoms with E-state index in [1.807, 2.05) is 0 Å². The minimum absolute atomic E-state index is 0.0679. The fourth-order valence-corrected chi connectivity index (χ4v) is 3.09. The van der Waals surface area contributed by atoms with Crippen molar-refractivity contribution in [3.8, 4) is 0 Å². The van der Waals surface area contributed by atoms with Gasteiger partial charge in [-0.2, -0.15) is 0 Å². The SMILES string of the molecule is CCCCCCCCCCCCCC(=O)Nc1ccc(Cl)c([N+](=O)[O-])c1. The molecule has 26 heavy (non-hydrogen) atoms. The van der Waals surface area contributed by atoms with Crippen molar-refractivity contribution in [2.75, 3.05) is 5.32 Å². The van der Waals surface area contributed by atoms with Crippen LogP contribution in [-0.2, 0) is 4.79 Å². The van der Waals surface area contributed by atoms with Crippen molar-refractivity contribution in [3.63, 3.8) is 0 Å². The highest BCUT2D eigenvalue weighted by atomic mass is 35.5. The molecule has 0 aliphatic rings. The summed E-state index contributed by atoms with van der Waals surface area (Å²) in [6.45, 7) is 2.24. The molecule has 1 aromatic rings. The molecule has 0 unspecified atom stereocenters. The quantitative estimate of drug-likeness (QED) is 0.216. The monoisotopic (exact) mass is 382 g/mol. The molecule has 0 atom stereocenters. The normalized spacial score (nSPS) is 10.7. The Labute approximate surface area is 161 Å². The summed E-state index contributed by atoms with van der Waals surface area (Å²) in [5, 5.41) is 13.6. The molecule has 1 aromatic carbocycles. The number of halogens is 1. The maximum absolute atomic E-state index is 11.9. The van der Waals surface area contributed by atoms with Gasteiger partial charge in [0.1, 0.15) is 5.02 Å². The molecule has 0 fully saturated rings. The smallest absolute Gasteiger partial charge is 0.289 e. The van der Waals surface area contributed by atoms with Crippen molar-refractivity contribution in [2.24, 2.45) is 0 Å². The molecule has 0 aromatic heterocycles. The second kappa shape index (κ2) is 13.6. The second-order valence-electron chi connectivity index (χ2n) is 6.76. The number of nitrogens with zero attached hydrogens (tertiary/aromatic N) is 1. The average Bonchev–Trinajstić information content (AvgIpc) is 2.61. The molecule has 0 saturated heterocycles. The lowest BCUT2D eigenvalue weighted by atomic mass is 10.1. The van der Waals surface area contributed by atoms with Crippen LogP contribution in [0, 0.1) is 10.1 Å². The van der Waals surface area contributed by atoms with Crippen molar-refractivity contribution < 1.29 is 9.72 Å². The zero-order chi connectivity index (χ0) is 19.2. The van der Waals surface area contributed by atoms with Gasteiger partial charge in [-0.15, -0.1) is 0 Å². The lowest BCUT2D eigenvalue weighted by Crippen LogP contribution is -2.11. The topological polar surface area (TPSA) is 72.2 Å². The van der Waals surface area contributed by atoms with E-state index in [4.69, 9.17) is 11.6 Å². The van der Waals surface area contributed by atoms with E-state index in [2.05, 4.69) is 12.2 Å². The van der Waals surface area contributed by atoms with Crippen LogP contribution in [0.25, 0.3) is 0 Å². The van der Waals surface area contributed by atoms with Crippen LogP contribution in [0.5, 0.6) is 0 Å². The summed E-state index contributed by atoms with van der Waals surface area (Å²) in [7, 11) is 0. The number of hydrogen-bond acceptors (Lipinski definition) is 3. The molecule has 1 rings (SSSR count). The molecule has 0 heterocycles. The van der Waals surface area contributed by atoms with Crippen LogP contribution in [0.1, 0.15) is 84.0 Å². The fourth-order valence-electron chi connectivity index (χ4n) is 2.90. The number of carbonyl (C=O) groups is 1. The lowest BCUT2D eigenvalue weighted by Gasteiger charge is -2.06. The lowest BCUT2D eigenvalue weighted by molar-refractivity contribution is -0.384. The fraction of sp³-hybridized carbons (Fsp3) is 0.650. The second-order valence-corrected chi connectivity index (χ2v) is 7.16. The number of carbonyl (C=O) groups excluding carboxylic acids is 1. The standard InChI is InChI=1S/C20H31ClN2O3/c1-2-3-4-5-6-7-8-9-10-11-12-13-20(24)22-17-14-15-18(21)19(16-17)23(25)26/h14-16H,2-13H2,1H3,(H,22,24). The van der Waals surface area contributed by atoms with E-state index >= 15 is 0 Å². The summed E-state index contributed by atoms with van der Waals surface area (Å²) in [4.78, 5) is 22.2. The van der Waals surface area contributed by atoms with Crippen molar-refractivity contribution in [2.45, 2.75) is 84.0 Å². The van der Waals surface area contributed by atoms with Crippen LogP contribution in [-0.4, -0.2) is 10.8 Å². The number of nitro benzene ring substituents is 1. The van der Waals surface area contributed by atoms with Crippen molar-refractivity contribution in [1.82, 2.24) is 0 Å². The van der Waals surface area contributed by atoms with E-state index in [1.165, 1.54) is 63.5 Å². The number of benzene rings is 1. The summed E-state index contributed by atoms with van der Waals surface area (Å²) >= 11 is 5.76. The number of rotatable bonds is 14. The molecule has 6 heteroatoms. The van der Waals surface area contributed by atoms with Crippen LogP contribution >= 0.6 is 11.6 Å². The zero-order valence-electron chi connectivity index (χ0n) is 15.8. The predicted octanol–water partition coefficient (Wildman–Crippen LogP) is 6.89. The largest absolute Gasteiger partial charge is 0.326 e. The Bertz CT molecular complexity index is 564. The molecule has 0 bridgehead atoms. The van der Waals surface area contributed by atoms with Gasteiger partial charge in [0.2, 0.25) is 5.91 Å². The Morgan fingerprint density at radius 1 is 1.00 bits per heavy atom. The van der Waals surface area contributed by atoms with E-state index in [0.29, 0.717) is 12.1 Å². The minimum atomic E-state index is -0.554. The minimum Gasteiger partial charge on any atom is -0.326 e. The third-order valence-corrected chi connectivity index (χ3v) is 4.75. The number of nitrogens with one attached hydrogen (secondary N) is 1. The van der Waals surface area contributed by atoms with Gasteiger partial charge in [-0.05, 0) is 18.6 Å². The van der Waals surface area contributed by atoms with E-state index in [1.54, 1.807) is 6.07 Å². The van der Waals surface area contributed by atoms with Crippen molar-refractivity contribution in [1.29, 1.82) is 0 Å². The van der Waals surface area contributed by atoms with E-state index in [-0.39, 0.29) is 16.6 Å². The number of nitro groups is 1. The van der Waals surface area contributed by atoms with Crippen LogP contribution in [0.3, 0.4) is 0 Å². The van der Waals surface area contributed by atoms with Crippen molar-refractivity contribution >= 4 is 28.9 Å². The third-order valence-electron chi connectivity index (χ3n) is 4.43. The Hall–Kier alpha value is -1.62. The van der Waals surface area contributed by atoms with Gasteiger partial charge in [-0.25, -0.2) is 0 Å². The summed E-state index contributed by atoms with van der Waals surface area (Å²) < 4.78 is 0. The van der Waals surface area contributed by atoms with Gasteiger partial charge in [0.15, 0.2) is 0 Å². The molecule has 146 valence electrons. The first-order valence-electron chi connectivity index (χ1n) is 9.78. The van der Waals surface area contributed by atoms with Crippen molar-refractivity contribution in [3.05, 3.63) is 33.3 Å². The van der Waals surface area contributed by atoms with Gasteiger partial charge in [0.25, 0.3) is 5.69 Å². The van der Waals surface area contributed by atoms with E-state index < -0.39 is 4.92 Å². The molecule has 0 radical (unpaired) electrons. The van der Waals surface area contributed by atoms with Gasteiger partial charge in [0.05, 0.1) is 4.92 Å². The zero-order valence-corrected chi connectivity index (χ0v) is 16.5. The predicted molar refractivity (Wildman–Crippen MR) is 108 cm³/mol. The highest BCUT2D eigenvalue weighted by Gasteiger charge is 2.13. The first-order valence-corrected chi connectivity index (χ1v) is 10.2. The summed E-state index contributed by atoms with van der Waals surface area (Å²) in [5.41, 5.74) is 0.216.